The van der Waals surface area contributed by atoms with Gasteiger partial charge in [0, 0.05) is 47.3 Å². The fraction of sp³-hybridized carbons (Fsp3) is 0.0556. The molecule has 0 spiro atoms. The molecule has 39 heavy (non-hydrogen) atoms. The first-order chi connectivity index (χ1) is 19.3. The predicted molar refractivity (Wildman–Crippen MR) is 159 cm³/mol. The van der Waals surface area contributed by atoms with Gasteiger partial charge in [-0.25, -0.2) is 0 Å². The second-order valence-electron chi connectivity index (χ2n) is 10.0. The van der Waals surface area contributed by atoms with Crippen LogP contribution in [0.2, 0.25) is 0 Å². The summed E-state index contributed by atoms with van der Waals surface area (Å²) in [6.07, 6.45) is 29.3. The van der Waals surface area contributed by atoms with E-state index in [0.717, 1.165) is 12.8 Å². The molecule has 2 saturated carbocycles. The molecule has 0 N–H and O–H groups in total. The fourth-order valence-corrected chi connectivity index (χ4v) is 6.63. The molecule has 8 rings (SSSR count). The Morgan fingerprint density at radius 1 is 0.436 bits per heavy atom. The van der Waals surface area contributed by atoms with Crippen LogP contribution in [-0.4, -0.2) is 0 Å². The Morgan fingerprint density at radius 2 is 0.821 bits per heavy atom. The van der Waals surface area contributed by atoms with Crippen molar-refractivity contribution in [2.75, 3.05) is 0 Å². The first-order valence-corrected chi connectivity index (χ1v) is 19.5. The predicted octanol–water partition coefficient (Wildman–Crippen LogP) is 9.32. The number of fused-ring (bicyclic) bond motifs is 10. The van der Waals surface area contributed by atoms with E-state index in [0.29, 0.717) is 0 Å². The van der Waals surface area contributed by atoms with Crippen LogP contribution in [0.25, 0.3) is 12.2 Å². The van der Waals surface area contributed by atoms with Crippen molar-refractivity contribution in [3.63, 3.8) is 0 Å². The van der Waals surface area contributed by atoms with Crippen molar-refractivity contribution in [2.24, 2.45) is 0 Å². The zero-order valence-corrected chi connectivity index (χ0v) is 25.2. The number of halogens is 2. The number of hydrogen-bond donors (Lipinski definition) is 0. The molecular weight excluding hydrogens is 595 g/mol. The molecule has 0 aliphatic heterocycles. The van der Waals surface area contributed by atoms with Gasteiger partial charge in [0.05, 0.1) is 0 Å². The van der Waals surface area contributed by atoms with E-state index >= 15 is 0 Å². The quantitative estimate of drug-likeness (QED) is 0.322. The maximum absolute atomic E-state index is 4.93. The SMILES string of the molecule is C1=C[C]2[C](C=C1)[C]1[C](C=Cc3ccccc31)[C]2CC[C]1[C]2C=CC=C[C]2[C]2[C]1C=Cc1ccccc12.[Cl][Zr+2][Cl]. The Labute approximate surface area is 251 Å². The van der Waals surface area contributed by atoms with Gasteiger partial charge in [-0.05, 0) is 46.9 Å². The van der Waals surface area contributed by atoms with Crippen LogP contribution in [0.4, 0.5) is 0 Å². The molecule has 2 fully saturated rings. The Bertz CT molecular complexity index is 1290. The normalized spacial score (nSPS) is 23.1. The summed E-state index contributed by atoms with van der Waals surface area (Å²) >= 11 is -0.826. The summed E-state index contributed by atoms with van der Waals surface area (Å²) in [4.78, 5) is 0. The first-order valence-electron chi connectivity index (χ1n) is 13.2. The Morgan fingerprint density at radius 3 is 1.26 bits per heavy atom. The van der Waals surface area contributed by atoms with Crippen LogP contribution in [-0.2, 0) is 20.8 Å². The molecule has 3 heteroatoms. The Kier molecular flexibility index (Phi) is 7.62. The van der Waals surface area contributed by atoms with Crippen molar-refractivity contribution in [2.45, 2.75) is 12.8 Å². The van der Waals surface area contributed by atoms with Crippen molar-refractivity contribution in [1.82, 2.24) is 0 Å². The van der Waals surface area contributed by atoms with Gasteiger partial charge in [-0.2, -0.15) is 0 Å². The summed E-state index contributed by atoms with van der Waals surface area (Å²) in [5.41, 5.74) is 5.33. The van der Waals surface area contributed by atoms with Gasteiger partial charge in [-0.1, -0.05) is 121 Å². The average molecular weight is 619 g/mol. The molecule has 10 radical (unpaired) electrons. The van der Waals surface area contributed by atoms with Crippen molar-refractivity contribution in [3.05, 3.63) is 191 Å². The van der Waals surface area contributed by atoms with Crippen molar-refractivity contribution < 1.29 is 20.8 Å². The molecule has 6 aliphatic rings. The average Bonchev–Trinajstić information content (AvgIpc) is 3.49. The molecule has 0 atom stereocenters. The van der Waals surface area contributed by atoms with E-state index in [-0.39, 0.29) is 0 Å². The van der Waals surface area contributed by atoms with Gasteiger partial charge < -0.3 is 0 Å². The van der Waals surface area contributed by atoms with Crippen LogP contribution in [0.15, 0.2) is 109 Å². The molecule has 0 bridgehead atoms. The molecule has 184 valence electrons. The molecule has 0 aromatic heterocycles. The van der Waals surface area contributed by atoms with E-state index in [1.54, 1.807) is 0 Å². The zero-order chi connectivity index (χ0) is 26.3. The summed E-state index contributed by atoms with van der Waals surface area (Å²) in [5.74, 6) is 14.1. The van der Waals surface area contributed by atoms with E-state index in [2.05, 4.69) is 121 Å². The number of hydrogen-bond acceptors (Lipinski definition) is 0. The van der Waals surface area contributed by atoms with Gasteiger partial charge in [-0.15, -0.1) is 0 Å². The zero-order valence-electron chi connectivity index (χ0n) is 21.2. The van der Waals surface area contributed by atoms with E-state index in [1.807, 2.05) is 0 Å². The number of benzene rings is 2. The van der Waals surface area contributed by atoms with Gasteiger partial charge in [0.2, 0.25) is 0 Å². The van der Waals surface area contributed by atoms with Crippen molar-refractivity contribution in [1.29, 1.82) is 0 Å². The third-order valence-electron chi connectivity index (χ3n) is 8.18. The van der Waals surface area contributed by atoms with Crippen LogP contribution in [0.3, 0.4) is 0 Å². The minimum absolute atomic E-state index is 0.826. The minimum atomic E-state index is -0.826. The van der Waals surface area contributed by atoms with Gasteiger partial charge in [0.15, 0.2) is 0 Å². The van der Waals surface area contributed by atoms with Gasteiger partial charge in [0.1, 0.15) is 0 Å². The second kappa shape index (κ2) is 11.3. The van der Waals surface area contributed by atoms with Crippen LogP contribution in [0.1, 0.15) is 35.1 Å². The van der Waals surface area contributed by atoms with E-state index < -0.39 is 20.8 Å². The molecule has 0 amide bonds. The summed E-state index contributed by atoms with van der Waals surface area (Å²) in [5, 5.41) is 0. The van der Waals surface area contributed by atoms with Gasteiger partial charge in [-0.3, -0.25) is 0 Å². The van der Waals surface area contributed by atoms with Crippen molar-refractivity contribution in [3.8, 4) is 0 Å². The molecule has 0 unspecified atom stereocenters. The molecule has 2 aromatic carbocycles. The van der Waals surface area contributed by atoms with Crippen LogP contribution < -0.4 is 0 Å². The Balaban J connectivity index is 0.000000809. The molecular formula is C36H24Cl2Zr+2. The van der Waals surface area contributed by atoms with Gasteiger partial charge in [0.25, 0.3) is 0 Å². The maximum atomic E-state index is 4.93. The topological polar surface area (TPSA) is 0 Å². The van der Waals surface area contributed by atoms with Crippen LogP contribution in [0, 0.1) is 59.2 Å². The van der Waals surface area contributed by atoms with Crippen LogP contribution >= 0.6 is 17.0 Å². The van der Waals surface area contributed by atoms with E-state index in [1.165, 1.54) is 81.4 Å². The third-order valence-corrected chi connectivity index (χ3v) is 8.18. The first kappa shape index (κ1) is 26.3. The van der Waals surface area contributed by atoms with Gasteiger partial charge >= 0.3 is 37.9 Å². The summed E-state index contributed by atoms with van der Waals surface area (Å²) in [6, 6.07) is 17.6. The molecule has 2 aromatic rings. The summed E-state index contributed by atoms with van der Waals surface area (Å²) in [6.45, 7) is 0. The summed E-state index contributed by atoms with van der Waals surface area (Å²) in [7, 11) is 9.87. The van der Waals surface area contributed by atoms with E-state index in [4.69, 9.17) is 17.0 Å². The van der Waals surface area contributed by atoms with E-state index in [9.17, 15) is 0 Å². The number of allylic oxidation sites excluding steroid dienone is 10. The number of rotatable bonds is 3. The fourth-order valence-electron chi connectivity index (χ4n) is 6.63. The molecule has 0 nitrogen and oxygen atoms in total. The summed E-state index contributed by atoms with van der Waals surface area (Å²) < 4.78 is 0. The second-order valence-corrected chi connectivity index (χ2v) is 13.8. The molecule has 0 heterocycles. The Hall–Kier alpha value is -1.66. The van der Waals surface area contributed by atoms with Crippen molar-refractivity contribution >= 4 is 29.2 Å². The molecule has 6 aliphatic carbocycles. The monoisotopic (exact) mass is 616 g/mol. The third kappa shape index (κ3) is 4.52. The molecule has 0 saturated heterocycles. The standard InChI is InChI=1S/C36H24.2ClH.Zr/c1-3-11-25-23(9-1)17-19-33-29(27-13-5-7-15-31(27)35(25)33)21-22-30-28-14-6-8-16-32(28)36-26-12-4-2-10-24(26)18-20-34(30)36;;;/h1-20H,21-22H2;2*1H;/q;;;+4/p-2. The van der Waals surface area contributed by atoms with Crippen LogP contribution in [0.5, 0.6) is 0 Å².